The van der Waals surface area contributed by atoms with Crippen LogP contribution in [0.25, 0.3) is 16.8 Å². The first kappa shape index (κ1) is 18.2. The summed E-state index contributed by atoms with van der Waals surface area (Å²) in [4.78, 5) is 4.97. The molecule has 2 atom stereocenters. The minimum Gasteiger partial charge on any atom is -0.453 e. The minimum atomic E-state index is 0.276. The molecule has 0 aromatic carbocycles. The van der Waals surface area contributed by atoms with Gasteiger partial charge in [-0.2, -0.15) is 14.9 Å². The Morgan fingerprint density at radius 3 is 3.07 bits per heavy atom. The molecule has 9 heteroatoms. The summed E-state index contributed by atoms with van der Waals surface area (Å²) in [5.41, 5.74) is 3.45. The normalized spacial score (nSPS) is 21.9. The van der Waals surface area contributed by atoms with Crippen molar-refractivity contribution in [3.05, 3.63) is 47.2 Å². The molecule has 0 amide bonds. The van der Waals surface area contributed by atoms with Crippen LogP contribution in [-0.2, 0) is 0 Å². The van der Waals surface area contributed by atoms with Crippen LogP contribution in [-0.4, -0.2) is 33.7 Å². The first-order chi connectivity index (χ1) is 14.2. The van der Waals surface area contributed by atoms with Gasteiger partial charge in [0, 0.05) is 41.8 Å². The quantitative estimate of drug-likeness (QED) is 0.567. The van der Waals surface area contributed by atoms with Crippen molar-refractivity contribution in [2.24, 2.45) is 0 Å². The van der Waals surface area contributed by atoms with E-state index in [0.29, 0.717) is 12.0 Å². The van der Waals surface area contributed by atoms with Crippen LogP contribution < -0.4 is 15.4 Å². The van der Waals surface area contributed by atoms with E-state index in [2.05, 4.69) is 39.5 Å². The van der Waals surface area contributed by atoms with Crippen molar-refractivity contribution in [1.29, 1.82) is 5.26 Å². The molecule has 0 saturated carbocycles. The second-order valence-corrected chi connectivity index (χ2v) is 8.26. The molecule has 5 heterocycles. The zero-order valence-electron chi connectivity index (χ0n) is 16.0. The van der Waals surface area contributed by atoms with Gasteiger partial charge >= 0.3 is 0 Å². The summed E-state index contributed by atoms with van der Waals surface area (Å²) in [5, 5.41) is 21.7. The number of fused-ring (bicyclic) bond motifs is 1. The van der Waals surface area contributed by atoms with Crippen molar-refractivity contribution in [1.82, 2.24) is 24.6 Å². The fraction of sp³-hybridized carbons (Fsp3) is 0.350. The van der Waals surface area contributed by atoms with E-state index in [1.165, 1.54) is 0 Å². The highest BCUT2D eigenvalue weighted by Crippen LogP contribution is 2.32. The number of hydrogen-bond acceptors (Lipinski definition) is 8. The second kappa shape index (κ2) is 7.55. The van der Waals surface area contributed by atoms with E-state index in [1.54, 1.807) is 30.5 Å². The molecule has 2 aliphatic heterocycles. The second-order valence-electron chi connectivity index (χ2n) is 7.38. The maximum atomic E-state index is 9.09. The van der Waals surface area contributed by atoms with Crippen LogP contribution in [0.1, 0.15) is 37.1 Å². The van der Waals surface area contributed by atoms with Crippen LogP contribution in [0, 0.1) is 11.3 Å². The van der Waals surface area contributed by atoms with E-state index in [1.807, 2.05) is 10.6 Å². The smallest absolute Gasteiger partial charge is 0.203 e. The predicted octanol–water partition coefficient (Wildman–Crippen LogP) is 3.22. The Hall–Kier alpha value is -2.80. The number of rotatable bonds is 4. The van der Waals surface area contributed by atoms with Gasteiger partial charge in [-0.1, -0.05) is 0 Å². The van der Waals surface area contributed by atoms with Gasteiger partial charge < -0.3 is 15.1 Å². The van der Waals surface area contributed by atoms with E-state index < -0.39 is 0 Å². The average molecular weight is 408 g/mol. The van der Waals surface area contributed by atoms with Gasteiger partial charge in [-0.05, 0) is 44.3 Å². The Labute approximate surface area is 172 Å². The molecular weight excluding hydrogens is 386 g/mol. The average Bonchev–Trinajstić information content (AvgIpc) is 3.48. The lowest BCUT2D eigenvalue weighted by Gasteiger charge is -2.23. The fourth-order valence-corrected chi connectivity index (χ4v) is 4.58. The molecule has 1 saturated heterocycles. The van der Waals surface area contributed by atoms with Crippen molar-refractivity contribution in [3.63, 3.8) is 0 Å². The molecule has 0 radical (unpaired) electrons. The highest BCUT2D eigenvalue weighted by atomic mass is 32.2. The SMILES string of the molecule is CC1C=C(Nc2cc(C3CCCNC3)nc3c(-c4coc(C#N)c4)cnn23)SN1. The number of hydrogen-bond donors (Lipinski definition) is 3. The van der Waals surface area contributed by atoms with Crippen molar-refractivity contribution < 1.29 is 4.42 Å². The standard InChI is InChI=1S/C20H21N7OS/c1-12-5-19(29-26-12)25-18-7-17(13-3-2-4-22-9-13)24-20-16(10-23-27(18)20)14-6-15(8-21)28-11-14/h5-7,10-13,22,25-26H,2-4,9H2,1H3. The molecule has 3 aromatic rings. The summed E-state index contributed by atoms with van der Waals surface area (Å²) in [7, 11) is 0. The van der Waals surface area contributed by atoms with E-state index in [-0.39, 0.29) is 5.76 Å². The molecule has 2 unspecified atom stereocenters. The number of nitrogens with zero attached hydrogens (tertiary/aromatic N) is 4. The highest BCUT2D eigenvalue weighted by Gasteiger charge is 2.22. The number of anilines is 1. The molecule has 0 aliphatic carbocycles. The first-order valence-electron chi connectivity index (χ1n) is 9.71. The number of aromatic nitrogens is 3. The van der Waals surface area contributed by atoms with Crippen LogP contribution >= 0.6 is 11.9 Å². The zero-order chi connectivity index (χ0) is 19.8. The lowest BCUT2D eigenvalue weighted by atomic mass is 9.96. The molecule has 29 heavy (non-hydrogen) atoms. The number of nitriles is 1. The van der Waals surface area contributed by atoms with Crippen LogP contribution in [0.3, 0.4) is 0 Å². The first-order valence-corrected chi connectivity index (χ1v) is 10.5. The molecule has 3 aromatic heterocycles. The highest BCUT2D eigenvalue weighted by molar-refractivity contribution is 8.01. The summed E-state index contributed by atoms with van der Waals surface area (Å²) in [5.74, 6) is 1.51. The molecule has 3 N–H and O–H groups in total. The predicted molar refractivity (Wildman–Crippen MR) is 112 cm³/mol. The summed E-state index contributed by atoms with van der Waals surface area (Å²) < 4.78 is 10.4. The third kappa shape index (κ3) is 3.51. The van der Waals surface area contributed by atoms with Crippen molar-refractivity contribution in [2.45, 2.75) is 31.7 Å². The molecule has 5 rings (SSSR count). The van der Waals surface area contributed by atoms with Crippen molar-refractivity contribution >= 4 is 23.4 Å². The number of piperidine rings is 1. The summed E-state index contributed by atoms with van der Waals surface area (Å²) in [6.07, 6.45) is 7.76. The van der Waals surface area contributed by atoms with Gasteiger partial charge in [0.1, 0.15) is 18.2 Å². The van der Waals surface area contributed by atoms with Crippen LogP contribution in [0.5, 0.6) is 0 Å². The van der Waals surface area contributed by atoms with Gasteiger partial charge in [0.25, 0.3) is 0 Å². The molecule has 2 aliphatic rings. The largest absolute Gasteiger partial charge is 0.453 e. The van der Waals surface area contributed by atoms with Gasteiger partial charge in [0.05, 0.1) is 16.9 Å². The van der Waals surface area contributed by atoms with Crippen LogP contribution in [0.2, 0.25) is 0 Å². The molecule has 0 bridgehead atoms. The Bertz CT molecular complexity index is 1120. The Kier molecular flexibility index (Phi) is 4.75. The van der Waals surface area contributed by atoms with Gasteiger partial charge in [-0.15, -0.1) is 0 Å². The van der Waals surface area contributed by atoms with E-state index in [0.717, 1.165) is 59.2 Å². The summed E-state index contributed by atoms with van der Waals surface area (Å²) in [6, 6.07) is 6.17. The van der Waals surface area contributed by atoms with Crippen LogP contribution in [0.15, 0.2) is 40.1 Å². The lowest BCUT2D eigenvalue weighted by molar-refractivity contribution is 0.455. The van der Waals surface area contributed by atoms with E-state index in [4.69, 9.17) is 14.7 Å². The van der Waals surface area contributed by atoms with Crippen molar-refractivity contribution in [2.75, 3.05) is 18.4 Å². The Morgan fingerprint density at radius 1 is 1.41 bits per heavy atom. The third-order valence-corrected chi connectivity index (χ3v) is 6.18. The van der Waals surface area contributed by atoms with Gasteiger partial charge in [-0.25, -0.2) is 4.98 Å². The minimum absolute atomic E-state index is 0.276. The molecule has 1 fully saturated rings. The van der Waals surface area contributed by atoms with Crippen molar-refractivity contribution in [3.8, 4) is 17.2 Å². The Morgan fingerprint density at radius 2 is 2.34 bits per heavy atom. The van der Waals surface area contributed by atoms with Gasteiger partial charge in [0.15, 0.2) is 5.65 Å². The van der Waals surface area contributed by atoms with Gasteiger partial charge in [-0.3, -0.25) is 4.72 Å². The monoisotopic (exact) mass is 407 g/mol. The van der Waals surface area contributed by atoms with E-state index >= 15 is 0 Å². The number of nitrogens with one attached hydrogen (secondary N) is 3. The summed E-state index contributed by atoms with van der Waals surface area (Å²) >= 11 is 1.58. The molecule has 8 nitrogen and oxygen atoms in total. The topological polar surface area (TPSA) is 103 Å². The molecule has 0 spiro atoms. The van der Waals surface area contributed by atoms with E-state index in [9.17, 15) is 0 Å². The molecular formula is C20H21N7OS. The van der Waals surface area contributed by atoms with Gasteiger partial charge in [0.2, 0.25) is 5.76 Å². The number of furan rings is 1. The Balaban J connectivity index is 1.61. The third-order valence-electron chi connectivity index (χ3n) is 5.23. The zero-order valence-corrected chi connectivity index (χ0v) is 16.8. The summed E-state index contributed by atoms with van der Waals surface area (Å²) in [6.45, 7) is 4.09. The maximum Gasteiger partial charge on any atom is 0.203 e. The van der Waals surface area contributed by atoms with Crippen LogP contribution in [0.4, 0.5) is 5.82 Å². The fourth-order valence-electron chi connectivity index (χ4n) is 3.77. The lowest BCUT2D eigenvalue weighted by Crippen LogP contribution is -2.29. The molecule has 148 valence electrons. The maximum absolute atomic E-state index is 9.09.